The van der Waals surface area contributed by atoms with Crippen LogP contribution in [0.15, 0.2) is 10.6 Å². The van der Waals surface area contributed by atoms with E-state index in [1.807, 2.05) is 6.20 Å². The number of hydrogen-bond donors (Lipinski definition) is 1. The van der Waals surface area contributed by atoms with Gasteiger partial charge < -0.3 is 9.73 Å². The van der Waals surface area contributed by atoms with Gasteiger partial charge >= 0.3 is 0 Å². The van der Waals surface area contributed by atoms with E-state index in [1.54, 1.807) is 0 Å². The van der Waals surface area contributed by atoms with E-state index in [2.05, 4.69) is 24.1 Å². The van der Waals surface area contributed by atoms with Crippen LogP contribution in [0, 0.1) is 5.92 Å². The normalized spacial score (nSPS) is 17.4. The summed E-state index contributed by atoms with van der Waals surface area (Å²) in [7, 11) is 0. The average molecular weight is 222 g/mol. The van der Waals surface area contributed by atoms with E-state index in [1.165, 1.54) is 25.7 Å². The molecule has 1 saturated carbocycles. The van der Waals surface area contributed by atoms with Gasteiger partial charge in [-0.05, 0) is 25.3 Å². The van der Waals surface area contributed by atoms with Crippen LogP contribution in [-0.2, 0) is 6.54 Å². The smallest absolute Gasteiger partial charge is 0.208 e. The molecule has 16 heavy (non-hydrogen) atoms. The maximum atomic E-state index is 5.78. The summed E-state index contributed by atoms with van der Waals surface area (Å²) in [5.74, 6) is 3.23. The molecule has 0 radical (unpaired) electrons. The highest BCUT2D eigenvalue weighted by atomic mass is 16.4. The number of oxazole rings is 1. The first kappa shape index (κ1) is 11.6. The van der Waals surface area contributed by atoms with Crippen LogP contribution in [0.3, 0.4) is 0 Å². The van der Waals surface area contributed by atoms with Crippen molar-refractivity contribution in [1.82, 2.24) is 10.3 Å². The fourth-order valence-corrected chi connectivity index (χ4v) is 2.27. The molecule has 1 aliphatic carbocycles. The summed E-state index contributed by atoms with van der Waals surface area (Å²) < 4.78 is 5.78. The van der Waals surface area contributed by atoms with E-state index in [9.17, 15) is 0 Å². The topological polar surface area (TPSA) is 38.1 Å². The van der Waals surface area contributed by atoms with E-state index < -0.39 is 0 Å². The second kappa shape index (κ2) is 5.48. The predicted octanol–water partition coefficient (Wildman–Crippen LogP) is 3.08. The first-order chi connectivity index (χ1) is 7.75. The molecule has 1 fully saturated rings. The van der Waals surface area contributed by atoms with Gasteiger partial charge in [0.1, 0.15) is 5.76 Å². The summed E-state index contributed by atoms with van der Waals surface area (Å²) in [6, 6.07) is 0. The van der Waals surface area contributed by atoms with Gasteiger partial charge in [-0.1, -0.05) is 26.7 Å². The number of nitrogens with zero attached hydrogens (tertiary/aromatic N) is 1. The SMILES string of the molecule is CC(C)CNCc1ncc(C2CCCC2)o1. The average Bonchev–Trinajstić information content (AvgIpc) is 2.85. The van der Waals surface area contributed by atoms with Gasteiger partial charge in [-0.3, -0.25) is 0 Å². The monoisotopic (exact) mass is 222 g/mol. The van der Waals surface area contributed by atoms with E-state index in [0.717, 1.165) is 24.7 Å². The third kappa shape index (κ3) is 3.08. The zero-order valence-electron chi connectivity index (χ0n) is 10.3. The minimum absolute atomic E-state index is 0.631. The van der Waals surface area contributed by atoms with Crippen LogP contribution in [0.25, 0.3) is 0 Å². The molecule has 1 aromatic rings. The van der Waals surface area contributed by atoms with Crippen molar-refractivity contribution in [2.24, 2.45) is 5.92 Å². The van der Waals surface area contributed by atoms with Gasteiger partial charge in [0, 0.05) is 5.92 Å². The van der Waals surface area contributed by atoms with Crippen LogP contribution in [0.4, 0.5) is 0 Å². The van der Waals surface area contributed by atoms with Gasteiger partial charge in [-0.15, -0.1) is 0 Å². The molecule has 3 nitrogen and oxygen atoms in total. The maximum absolute atomic E-state index is 5.78. The van der Waals surface area contributed by atoms with Crippen molar-refractivity contribution in [1.29, 1.82) is 0 Å². The highest BCUT2D eigenvalue weighted by molar-refractivity contribution is 5.03. The minimum Gasteiger partial charge on any atom is -0.444 e. The van der Waals surface area contributed by atoms with Gasteiger partial charge in [0.2, 0.25) is 5.89 Å². The predicted molar refractivity (Wildman–Crippen MR) is 64.3 cm³/mol. The Bertz CT molecular complexity index is 313. The van der Waals surface area contributed by atoms with Crippen molar-refractivity contribution in [3.05, 3.63) is 17.8 Å². The van der Waals surface area contributed by atoms with Crippen LogP contribution >= 0.6 is 0 Å². The van der Waals surface area contributed by atoms with Crippen LogP contribution in [0.5, 0.6) is 0 Å². The van der Waals surface area contributed by atoms with E-state index in [-0.39, 0.29) is 0 Å². The van der Waals surface area contributed by atoms with Crippen molar-refractivity contribution < 1.29 is 4.42 Å². The first-order valence-electron chi connectivity index (χ1n) is 6.41. The van der Waals surface area contributed by atoms with Crippen molar-refractivity contribution in [2.75, 3.05) is 6.54 Å². The molecule has 1 N–H and O–H groups in total. The highest BCUT2D eigenvalue weighted by Crippen LogP contribution is 2.34. The zero-order chi connectivity index (χ0) is 11.4. The molecule has 0 bridgehead atoms. The van der Waals surface area contributed by atoms with E-state index in [0.29, 0.717) is 11.8 Å². The van der Waals surface area contributed by atoms with Gasteiger partial charge in [-0.2, -0.15) is 0 Å². The number of aromatic nitrogens is 1. The lowest BCUT2D eigenvalue weighted by molar-refractivity contribution is 0.404. The van der Waals surface area contributed by atoms with E-state index in [4.69, 9.17) is 4.42 Å². The number of rotatable bonds is 5. The Morgan fingerprint density at radius 1 is 1.44 bits per heavy atom. The maximum Gasteiger partial charge on any atom is 0.208 e. The molecule has 0 spiro atoms. The Morgan fingerprint density at radius 3 is 2.88 bits per heavy atom. The van der Waals surface area contributed by atoms with Crippen LogP contribution in [0.2, 0.25) is 0 Å². The summed E-state index contributed by atoms with van der Waals surface area (Å²) in [6.45, 7) is 6.17. The Labute approximate surface area is 97.6 Å². The lowest BCUT2D eigenvalue weighted by Gasteiger charge is -2.05. The molecule has 0 atom stereocenters. The fourth-order valence-electron chi connectivity index (χ4n) is 2.27. The summed E-state index contributed by atoms with van der Waals surface area (Å²) >= 11 is 0. The van der Waals surface area contributed by atoms with Gasteiger partial charge in [0.15, 0.2) is 0 Å². The fraction of sp³-hybridized carbons (Fsp3) is 0.769. The number of nitrogens with one attached hydrogen (secondary N) is 1. The van der Waals surface area contributed by atoms with Gasteiger partial charge in [-0.25, -0.2) is 4.98 Å². The highest BCUT2D eigenvalue weighted by Gasteiger charge is 2.20. The third-order valence-electron chi connectivity index (χ3n) is 3.16. The molecule has 0 saturated heterocycles. The molecule has 1 aliphatic rings. The van der Waals surface area contributed by atoms with Gasteiger partial charge in [0.05, 0.1) is 12.7 Å². The summed E-state index contributed by atoms with van der Waals surface area (Å²) in [5.41, 5.74) is 0. The Hall–Kier alpha value is -0.830. The molecule has 1 aromatic heterocycles. The Morgan fingerprint density at radius 2 is 2.19 bits per heavy atom. The van der Waals surface area contributed by atoms with Crippen LogP contribution in [0.1, 0.15) is 57.1 Å². The van der Waals surface area contributed by atoms with Gasteiger partial charge in [0.25, 0.3) is 0 Å². The lowest BCUT2D eigenvalue weighted by Crippen LogP contribution is -2.19. The van der Waals surface area contributed by atoms with Crippen molar-refractivity contribution in [3.8, 4) is 0 Å². The second-order valence-corrected chi connectivity index (χ2v) is 5.16. The summed E-state index contributed by atoms with van der Waals surface area (Å²) in [5, 5.41) is 3.35. The summed E-state index contributed by atoms with van der Waals surface area (Å²) in [6.07, 6.45) is 7.14. The van der Waals surface area contributed by atoms with Crippen molar-refractivity contribution in [2.45, 2.75) is 52.0 Å². The van der Waals surface area contributed by atoms with Crippen LogP contribution in [-0.4, -0.2) is 11.5 Å². The number of hydrogen-bond acceptors (Lipinski definition) is 3. The standard InChI is InChI=1S/C13H22N2O/c1-10(2)7-14-9-13-15-8-12(16-13)11-5-3-4-6-11/h8,10-11,14H,3-7,9H2,1-2H3. The first-order valence-corrected chi connectivity index (χ1v) is 6.41. The third-order valence-corrected chi connectivity index (χ3v) is 3.16. The molecule has 0 amide bonds. The largest absolute Gasteiger partial charge is 0.444 e. The Kier molecular flexibility index (Phi) is 3.99. The molecule has 90 valence electrons. The lowest BCUT2D eigenvalue weighted by atomic mass is 10.1. The quantitative estimate of drug-likeness (QED) is 0.832. The second-order valence-electron chi connectivity index (χ2n) is 5.16. The molecular weight excluding hydrogens is 200 g/mol. The molecule has 0 aromatic carbocycles. The van der Waals surface area contributed by atoms with Crippen molar-refractivity contribution >= 4 is 0 Å². The van der Waals surface area contributed by atoms with Crippen molar-refractivity contribution in [3.63, 3.8) is 0 Å². The summed E-state index contributed by atoms with van der Waals surface area (Å²) in [4.78, 5) is 4.33. The molecule has 3 heteroatoms. The minimum atomic E-state index is 0.631. The molecule has 0 unspecified atom stereocenters. The Balaban J connectivity index is 1.82. The molecular formula is C13H22N2O. The van der Waals surface area contributed by atoms with Crippen LogP contribution < -0.4 is 5.32 Å². The van der Waals surface area contributed by atoms with E-state index >= 15 is 0 Å². The molecule has 2 rings (SSSR count). The molecule has 0 aliphatic heterocycles. The zero-order valence-corrected chi connectivity index (χ0v) is 10.3. The molecule has 1 heterocycles.